The van der Waals surface area contributed by atoms with E-state index in [2.05, 4.69) is 0 Å². The van der Waals surface area contributed by atoms with E-state index in [0.29, 0.717) is 5.03 Å². The second-order valence-electron chi connectivity index (χ2n) is 2.07. The highest BCUT2D eigenvalue weighted by molar-refractivity contribution is 6.30. The van der Waals surface area contributed by atoms with Crippen LogP contribution in [0.3, 0.4) is 0 Å². The predicted molar refractivity (Wildman–Crippen MR) is 36.9 cm³/mol. The average Bonchev–Trinajstić information content (AvgIpc) is 2.15. The molecule has 0 bridgehead atoms. The first-order valence-electron chi connectivity index (χ1n) is 2.99. The Morgan fingerprint density at radius 2 is 2.44 bits per heavy atom. The van der Waals surface area contributed by atoms with E-state index in [1.807, 2.05) is 6.92 Å². The Kier molecular flexibility index (Phi) is 1.91. The summed E-state index contributed by atoms with van der Waals surface area (Å²) in [6.45, 7) is 1.98. The van der Waals surface area contributed by atoms with Crippen molar-refractivity contribution in [2.24, 2.45) is 5.92 Å². The van der Waals surface area contributed by atoms with E-state index in [4.69, 9.17) is 11.6 Å². The summed E-state index contributed by atoms with van der Waals surface area (Å²) in [7, 11) is 0. The highest BCUT2D eigenvalue weighted by Gasteiger charge is 2.16. The van der Waals surface area contributed by atoms with Crippen LogP contribution in [0, 0.1) is 5.92 Å². The molecule has 1 aliphatic carbocycles. The molecule has 0 aromatic heterocycles. The monoisotopic (exact) mass is 146 g/mol. The van der Waals surface area contributed by atoms with Crippen molar-refractivity contribution in [2.75, 3.05) is 0 Å². The second kappa shape index (κ2) is 2.53. The van der Waals surface area contributed by atoms with Crippen LogP contribution in [0.15, 0.2) is 23.0 Å². The molecule has 0 nitrogen and oxygen atoms in total. The maximum absolute atomic E-state index is 12.4. The van der Waals surface area contributed by atoms with Crippen LogP contribution in [0.5, 0.6) is 0 Å². The van der Waals surface area contributed by atoms with Gasteiger partial charge in [0.25, 0.3) is 0 Å². The van der Waals surface area contributed by atoms with Crippen LogP contribution in [0.25, 0.3) is 0 Å². The Hall–Kier alpha value is -0.300. The Morgan fingerprint density at radius 3 is 2.67 bits per heavy atom. The molecule has 2 heteroatoms. The van der Waals surface area contributed by atoms with E-state index in [1.54, 1.807) is 6.08 Å². The fourth-order valence-electron chi connectivity index (χ4n) is 0.857. The zero-order valence-corrected chi connectivity index (χ0v) is 5.95. The molecule has 0 heterocycles. The molecule has 1 rings (SSSR count). The third-order valence-electron chi connectivity index (χ3n) is 1.47. The van der Waals surface area contributed by atoms with Crippen molar-refractivity contribution in [3.8, 4) is 0 Å². The van der Waals surface area contributed by atoms with Gasteiger partial charge in [-0.15, -0.1) is 0 Å². The standard InChI is InChI=1S/C7H8ClF/c1-2-5-3-4-6(9)7(5)8/h3-5H,2H2,1H3. The van der Waals surface area contributed by atoms with Crippen LogP contribution in [-0.4, -0.2) is 0 Å². The molecule has 0 radical (unpaired) electrons. The summed E-state index contributed by atoms with van der Waals surface area (Å²) in [6.07, 6.45) is 4.09. The molecule has 0 aromatic carbocycles. The molecule has 0 aromatic rings. The molecular weight excluding hydrogens is 139 g/mol. The Labute approximate surface area is 59.0 Å². The molecule has 50 valence electrons. The fraction of sp³-hybridized carbons (Fsp3) is 0.429. The number of hydrogen-bond acceptors (Lipinski definition) is 0. The SMILES string of the molecule is CCC1C=CC(F)=C1Cl. The highest BCUT2D eigenvalue weighted by Crippen LogP contribution is 2.31. The minimum atomic E-state index is -0.275. The summed E-state index contributed by atoms with van der Waals surface area (Å²) in [4.78, 5) is 0. The number of rotatable bonds is 1. The van der Waals surface area contributed by atoms with Crippen LogP contribution >= 0.6 is 11.6 Å². The van der Waals surface area contributed by atoms with Gasteiger partial charge in [0.15, 0.2) is 0 Å². The van der Waals surface area contributed by atoms with Gasteiger partial charge in [-0.05, 0) is 12.5 Å². The van der Waals surface area contributed by atoms with E-state index in [9.17, 15) is 4.39 Å². The molecule has 0 aliphatic heterocycles. The van der Waals surface area contributed by atoms with E-state index in [0.717, 1.165) is 6.42 Å². The zero-order valence-electron chi connectivity index (χ0n) is 5.20. The quantitative estimate of drug-likeness (QED) is 0.534. The summed E-state index contributed by atoms with van der Waals surface area (Å²) in [6, 6.07) is 0. The largest absolute Gasteiger partial charge is 0.206 e. The van der Waals surface area contributed by atoms with E-state index >= 15 is 0 Å². The molecule has 0 N–H and O–H groups in total. The maximum atomic E-state index is 12.4. The van der Waals surface area contributed by atoms with E-state index in [-0.39, 0.29) is 11.7 Å². The molecule has 0 saturated carbocycles. The minimum Gasteiger partial charge on any atom is -0.206 e. The summed E-state index contributed by atoms with van der Waals surface area (Å²) in [5, 5.41) is 0.359. The Bertz CT molecular complexity index is 170. The van der Waals surface area contributed by atoms with Gasteiger partial charge in [0.2, 0.25) is 0 Å². The highest BCUT2D eigenvalue weighted by atomic mass is 35.5. The number of allylic oxidation sites excluding steroid dienone is 4. The van der Waals surface area contributed by atoms with Gasteiger partial charge in [0.05, 0.1) is 5.03 Å². The lowest BCUT2D eigenvalue weighted by Gasteiger charge is -2.00. The van der Waals surface area contributed by atoms with Crippen molar-refractivity contribution in [3.05, 3.63) is 23.0 Å². The van der Waals surface area contributed by atoms with Crippen LogP contribution in [-0.2, 0) is 0 Å². The van der Waals surface area contributed by atoms with Gasteiger partial charge in [0.1, 0.15) is 5.83 Å². The molecule has 1 unspecified atom stereocenters. The van der Waals surface area contributed by atoms with Gasteiger partial charge < -0.3 is 0 Å². The minimum absolute atomic E-state index is 0.131. The lowest BCUT2D eigenvalue weighted by atomic mass is 10.1. The number of hydrogen-bond donors (Lipinski definition) is 0. The van der Waals surface area contributed by atoms with Crippen molar-refractivity contribution >= 4 is 11.6 Å². The van der Waals surface area contributed by atoms with Gasteiger partial charge in [-0.1, -0.05) is 24.6 Å². The van der Waals surface area contributed by atoms with Crippen LogP contribution in [0.4, 0.5) is 4.39 Å². The molecule has 0 fully saturated rings. The molecule has 0 saturated heterocycles. The predicted octanol–water partition coefficient (Wildman–Crippen LogP) is 3.00. The van der Waals surface area contributed by atoms with Gasteiger partial charge in [0, 0.05) is 5.92 Å². The molecule has 1 atom stereocenters. The lowest BCUT2D eigenvalue weighted by Crippen LogP contribution is -1.88. The normalized spacial score (nSPS) is 25.9. The van der Waals surface area contributed by atoms with Crippen molar-refractivity contribution in [3.63, 3.8) is 0 Å². The molecule has 0 amide bonds. The zero-order chi connectivity index (χ0) is 6.85. The lowest BCUT2D eigenvalue weighted by molar-refractivity contribution is 0.652. The van der Waals surface area contributed by atoms with E-state index < -0.39 is 0 Å². The van der Waals surface area contributed by atoms with Gasteiger partial charge >= 0.3 is 0 Å². The fourth-order valence-corrected chi connectivity index (χ4v) is 1.15. The topological polar surface area (TPSA) is 0 Å². The third-order valence-corrected chi connectivity index (χ3v) is 1.93. The van der Waals surface area contributed by atoms with Gasteiger partial charge in [-0.25, -0.2) is 4.39 Å². The van der Waals surface area contributed by atoms with Crippen molar-refractivity contribution in [2.45, 2.75) is 13.3 Å². The third kappa shape index (κ3) is 1.16. The smallest absolute Gasteiger partial charge is 0.137 e. The summed E-state index contributed by atoms with van der Waals surface area (Å²) in [5.74, 6) is -0.143. The van der Waals surface area contributed by atoms with Gasteiger partial charge in [-0.3, -0.25) is 0 Å². The summed E-state index contributed by atoms with van der Waals surface area (Å²) >= 11 is 5.57. The molecule has 0 spiro atoms. The van der Waals surface area contributed by atoms with Gasteiger partial charge in [-0.2, -0.15) is 0 Å². The maximum Gasteiger partial charge on any atom is 0.137 e. The van der Waals surface area contributed by atoms with Crippen molar-refractivity contribution in [1.82, 2.24) is 0 Å². The van der Waals surface area contributed by atoms with Crippen LogP contribution in [0.2, 0.25) is 0 Å². The number of halogens is 2. The first kappa shape index (κ1) is 6.81. The van der Waals surface area contributed by atoms with Crippen molar-refractivity contribution < 1.29 is 4.39 Å². The first-order valence-corrected chi connectivity index (χ1v) is 3.37. The first-order chi connectivity index (χ1) is 4.25. The summed E-state index contributed by atoms with van der Waals surface area (Å²) < 4.78 is 12.4. The molecular formula is C7H8ClF. The van der Waals surface area contributed by atoms with E-state index in [1.165, 1.54) is 6.08 Å². The summed E-state index contributed by atoms with van der Waals surface area (Å²) in [5.41, 5.74) is 0. The Morgan fingerprint density at radius 1 is 1.78 bits per heavy atom. The van der Waals surface area contributed by atoms with Crippen LogP contribution in [0.1, 0.15) is 13.3 Å². The average molecular weight is 147 g/mol. The Balaban J connectivity index is 2.74. The van der Waals surface area contributed by atoms with Crippen LogP contribution < -0.4 is 0 Å². The second-order valence-corrected chi connectivity index (χ2v) is 2.48. The molecule has 9 heavy (non-hydrogen) atoms. The van der Waals surface area contributed by atoms with Crippen molar-refractivity contribution in [1.29, 1.82) is 0 Å². The molecule has 1 aliphatic rings.